The van der Waals surface area contributed by atoms with Crippen molar-refractivity contribution in [1.82, 2.24) is 0 Å². The maximum Gasteiger partial charge on any atom is 0.250 e. The summed E-state index contributed by atoms with van der Waals surface area (Å²) in [5.74, 6) is 8.27. The molecular formula is C39H64O2Si. The second-order valence-corrected chi connectivity index (χ2v) is 23.2. The Kier molecular flexibility index (Phi) is 7.80. The predicted octanol–water partition coefficient (Wildman–Crippen LogP) is 11.5. The van der Waals surface area contributed by atoms with Crippen molar-refractivity contribution in [2.75, 3.05) is 0 Å². The molecule has 10 atom stereocenters. The van der Waals surface area contributed by atoms with Gasteiger partial charge in [-0.05, 0) is 146 Å². The van der Waals surface area contributed by atoms with Crippen molar-refractivity contribution in [2.24, 2.45) is 57.7 Å². The maximum atomic E-state index is 7.17. The third-order valence-corrected chi connectivity index (χ3v) is 19.4. The fraction of sp³-hybridized carbons (Fsp3) is 0.846. The molecule has 0 unspecified atom stereocenters. The topological polar surface area (TPSA) is 18.5 Å². The summed E-state index contributed by atoms with van der Waals surface area (Å²) < 4.78 is 13.8. The van der Waals surface area contributed by atoms with Crippen LogP contribution in [0, 0.1) is 57.7 Å². The Morgan fingerprint density at radius 1 is 0.881 bits per heavy atom. The molecule has 5 aliphatic carbocycles. The van der Waals surface area contributed by atoms with E-state index in [0.717, 1.165) is 52.9 Å². The van der Waals surface area contributed by atoms with Gasteiger partial charge in [0, 0.05) is 5.41 Å². The molecule has 1 spiro atoms. The zero-order valence-corrected chi connectivity index (χ0v) is 30.0. The molecule has 3 heteroatoms. The first kappa shape index (κ1) is 31.0. The number of fused-ring (bicyclic) bond motifs is 4. The molecule has 1 aromatic carbocycles. The molecule has 5 fully saturated rings. The summed E-state index contributed by atoms with van der Waals surface area (Å²) in [5, 5.41) is 0.202. The van der Waals surface area contributed by atoms with Gasteiger partial charge in [0.25, 0.3) is 0 Å². The van der Waals surface area contributed by atoms with Crippen molar-refractivity contribution in [3.63, 3.8) is 0 Å². The minimum atomic E-state index is -1.85. The van der Waals surface area contributed by atoms with Gasteiger partial charge in [0.1, 0.15) is 17.6 Å². The summed E-state index contributed by atoms with van der Waals surface area (Å²) in [4.78, 5) is 0. The Bertz CT molecular complexity index is 1120. The standard InChI is InChI=1S/C39H64O2Si/c1-26(2)12-11-13-27(3)32-18-19-33-31-24-35(40-29-14-16-30(17-15-29)41-42(9,10)36(4,5)6)39-25-28(39)20-23-38(39,8)34(31)21-22-37(32,33)7/h14-17,26-28,31-35H,11-13,18-25H2,1-10H3/t27-,28-,31+,32-,33+,34+,35-,37-,38-,39+/m1/s1. The average molecular weight is 593 g/mol. The molecule has 236 valence electrons. The first-order chi connectivity index (χ1) is 19.6. The van der Waals surface area contributed by atoms with E-state index in [0.29, 0.717) is 22.3 Å². The Balaban J connectivity index is 1.20. The van der Waals surface area contributed by atoms with Gasteiger partial charge in [-0.1, -0.05) is 74.7 Å². The van der Waals surface area contributed by atoms with Crippen molar-refractivity contribution in [2.45, 2.75) is 150 Å². The van der Waals surface area contributed by atoms with E-state index in [2.05, 4.69) is 92.7 Å². The Morgan fingerprint density at radius 3 is 2.21 bits per heavy atom. The highest BCUT2D eigenvalue weighted by Crippen LogP contribution is 2.82. The van der Waals surface area contributed by atoms with Crippen molar-refractivity contribution in [3.8, 4) is 11.5 Å². The van der Waals surface area contributed by atoms with Crippen LogP contribution < -0.4 is 9.16 Å². The summed E-state index contributed by atoms with van der Waals surface area (Å²) in [6, 6.07) is 8.78. The lowest BCUT2D eigenvalue weighted by molar-refractivity contribution is -0.145. The largest absolute Gasteiger partial charge is 0.543 e. The van der Waals surface area contributed by atoms with Crippen LogP contribution in [-0.2, 0) is 0 Å². The normalized spacial score (nSPS) is 41.5. The highest BCUT2D eigenvalue weighted by Gasteiger charge is 2.78. The molecule has 0 bridgehead atoms. The van der Waals surface area contributed by atoms with Gasteiger partial charge >= 0.3 is 0 Å². The zero-order valence-electron chi connectivity index (χ0n) is 29.0. The summed E-state index contributed by atoms with van der Waals surface area (Å²) in [6.45, 7) is 24.5. The van der Waals surface area contributed by atoms with E-state index in [1.54, 1.807) is 0 Å². The van der Waals surface area contributed by atoms with Crippen LogP contribution in [0.3, 0.4) is 0 Å². The molecule has 0 N–H and O–H groups in total. The Hall–Kier alpha value is -0.963. The van der Waals surface area contributed by atoms with Crippen LogP contribution in [-0.4, -0.2) is 14.4 Å². The van der Waals surface area contributed by atoms with Crippen molar-refractivity contribution in [3.05, 3.63) is 24.3 Å². The summed E-state index contributed by atoms with van der Waals surface area (Å²) in [5.41, 5.74) is 1.44. The lowest BCUT2D eigenvalue weighted by Crippen LogP contribution is -2.57. The first-order valence-corrected chi connectivity index (χ1v) is 21.0. The van der Waals surface area contributed by atoms with E-state index < -0.39 is 8.32 Å². The number of ether oxygens (including phenoxy) is 1. The molecule has 2 nitrogen and oxygen atoms in total. The lowest BCUT2D eigenvalue weighted by Gasteiger charge is -2.61. The highest BCUT2D eigenvalue weighted by atomic mass is 28.4. The Morgan fingerprint density at radius 2 is 1.57 bits per heavy atom. The quantitative estimate of drug-likeness (QED) is 0.266. The van der Waals surface area contributed by atoms with Crippen LogP contribution in [0.15, 0.2) is 24.3 Å². The van der Waals surface area contributed by atoms with Gasteiger partial charge in [0.15, 0.2) is 0 Å². The van der Waals surface area contributed by atoms with Crippen LogP contribution in [0.25, 0.3) is 0 Å². The SMILES string of the molecule is CC(C)CCC[C@@H](C)[C@H]1CC[C@H]2[C@@H]3C[C@@H](Oc4ccc(O[Si](C)(C)C(C)(C)C)cc4)[C@]45C[C@H]4CC[C@]5(C)[C@H]3CC[C@]12C. The maximum absolute atomic E-state index is 7.17. The zero-order chi connectivity index (χ0) is 30.3. The molecule has 0 aromatic heterocycles. The van der Waals surface area contributed by atoms with Crippen LogP contribution >= 0.6 is 0 Å². The Labute approximate surface area is 260 Å². The summed E-state index contributed by atoms with van der Waals surface area (Å²) in [7, 11) is -1.85. The van der Waals surface area contributed by atoms with Gasteiger partial charge < -0.3 is 9.16 Å². The van der Waals surface area contributed by atoms with Crippen molar-refractivity contribution in [1.29, 1.82) is 0 Å². The average Bonchev–Trinajstić information content (AvgIpc) is 3.41. The van der Waals surface area contributed by atoms with Gasteiger partial charge in [-0.2, -0.15) is 0 Å². The molecule has 1 aromatic rings. The highest BCUT2D eigenvalue weighted by molar-refractivity contribution is 6.74. The molecule has 0 aliphatic heterocycles. The molecule has 5 saturated carbocycles. The van der Waals surface area contributed by atoms with Crippen LogP contribution in [0.4, 0.5) is 0 Å². The van der Waals surface area contributed by atoms with Gasteiger partial charge in [0.05, 0.1) is 0 Å². The summed E-state index contributed by atoms with van der Waals surface area (Å²) in [6.07, 6.45) is 16.1. The molecule has 5 aliphatic rings. The summed E-state index contributed by atoms with van der Waals surface area (Å²) >= 11 is 0. The predicted molar refractivity (Wildman–Crippen MR) is 180 cm³/mol. The second-order valence-electron chi connectivity index (χ2n) is 18.5. The first-order valence-electron chi connectivity index (χ1n) is 18.1. The van der Waals surface area contributed by atoms with E-state index in [1.165, 1.54) is 70.6 Å². The third-order valence-electron chi connectivity index (χ3n) is 15.0. The number of hydrogen-bond acceptors (Lipinski definition) is 2. The van der Waals surface area contributed by atoms with Crippen molar-refractivity contribution < 1.29 is 9.16 Å². The van der Waals surface area contributed by atoms with E-state index >= 15 is 0 Å². The number of hydrogen-bond donors (Lipinski definition) is 0. The van der Waals surface area contributed by atoms with Crippen LogP contribution in [0.5, 0.6) is 11.5 Å². The minimum absolute atomic E-state index is 0.202. The molecular weight excluding hydrogens is 529 g/mol. The molecule has 0 amide bonds. The molecule has 42 heavy (non-hydrogen) atoms. The fourth-order valence-electron chi connectivity index (χ4n) is 11.6. The minimum Gasteiger partial charge on any atom is -0.543 e. The van der Waals surface area contributed by atoms with Crippen LogP contribution in [0.2, 0.25) is 18.1 Å². The van der Waals surface area contributed by atoms with E-state index in [9.17, 15) is 0 Å². The number of rotatable bonds is 9. The van der Waals surface area contributed by atoms with E-state index in [-0.39, 0.29) is 5.04 Å². The molecule has 0 saturated heterocycles. The smallest absolute Gasteiger partial charge is 0.250 e. The van der Waals surface area contributed by atoms with E-state index in [1.807, 2.05) is 0 Å². The van der Waals surface area contributed by atoms with Gasteiger partial charge in [-0.3, -0.25) is 0 Å². The third kappa shape index (κ3) is 4.84. The molecule has 6 rings (SSSR count). The van der Waals surface area contributed by atoms with Gasteiger partial charge in [-0.25, -0.2) is 0 Å². The van der Waals surface area contributed by atoms with E-state index in [4.69, 9.17) is 9.16 Å². The van der Waals surface area contributed by atoms with Crippen molar-refractivity contribution >= 4 is 8.32 Å². The molecule has 0 heterocycles. The fourth-order valence-corrected chi connectivity index (χ4v) is 12.7. The number of benzene rings is 1. The molecule has 0 radical (unpaired) electrons. The van der Waals surface area contributed by atoms with Crippen LogP contribution in [0.1, 0.15) is 126 Å². The second kappa shape index (κ2) is 10.6. The van der Waals surface area contributed by atoms with Gasteiger partial charge in [-0.15, -0.1) is 0 Å². The van der Waals surface area contributed by atoms with Gasteiger partial charge in [0.2, 0.25) is 8.32 Å². The lowest BCUT2D eigenvalue weighted by atomic mass is 9.45. The monoisotopic (exact) mass is 592 g/mol.